The highest BCUT2D eigenvalue weighted by Gasteiger charge is 2.19. The van der Waals surface area contributed by atoms with E-state index in [4.69, 9.17) is 0 Å². The van der Waals surface area contributed by atoms with Crippen molar-refractivity contribution in [3.8, 4) is 0 Å². The van der Waals surface area contributed by atoms with Gasteiger partial charge >= 0.3 is 0 Å². The van der Waals surface area contributed by atoms with Gasteiger partial charge in [-0.25, -0.2) is 0 Å². The van der Waals surface area contributed by atoms with Crippen molar-refractivity contribution in [2.24, 2.45) is 5.92 Å². The van der Waals surface area contributed by atoms with Crippen LogP contribution in [0.2, 0.25) is 0 Å². The van der Waals surface area contributed by atoms with Crippen LogP contribution < -0.4 is 5.32 Å². The molecule has 98 valence electrons. The van der Waals surface area contributed by atoms with Crippen LogP contribution in [0.1, 0.15) is 52.3 Å². The van der Waals surface area contributed by atoms with Gasteiger partial charge in [0.1, 0.15) is 0 Å². The van der Waals surface area contributed by atoms with Crippen LogP contribution >= 0.6 is 15.9 Å². The number of nitrogens with zero attached hydrogens (tertiary/aromatic N) is 2. The number of aryl methyl sites for hydroxylation is 1. The first-order valence-electron chi connectivity index (χ1n) is 6.54. The second-order valence-electron chi connectivity index (χ2n) is 4.84. The van der Waals surface area contributed by atoms with Gasteiger partial charge in [0.2, 0.25) is 0 Å². The highest BCUT2D eigenvalue weighted by atomic mass is 79.9. The zero-order chi connectivity index (χ0) is 12.8. The van der Waals surface area contributed by atoms with Crippen molar-refractivity contribution < 1.29 is 0 Å². The van der Waals surface area contributed by atoms with Crippen LogP contribution in [0.15, 0.2) is 10.7 Å². The summed E-state index contributed by atoms with van der Waals surface area (Å²) < 4.78 is 3.25. The van der Waals surface area contributed by atoms with Gasteiger partial charge in [0.05, 0.1) is 22.4 Å². The van der Waals surface area contributed by atoms with Crippen LogP contribution in [0.4, 0.5) is 0 Å². The SMILES string of the molecule is CCCn1ncc(Br)c1C(CC(C)C)NCC. The number of hydrogen-bond donors (Lipinski definition) is 1. The normalized spacial score (nSPS) is 13.3. The first-order chi connectivity index (χ1) is 8.10. The van der Waals surface area contributed by atoms with Crippen molar-refractivity contribution in [1.29, 1.82) is 0 Å². The fraction of sp³-hybridized carbons (Fsp3) is 0.769. The molecular weight excluding hydrogens is 278 g/mol. The van der Waals surface area contributed by atoms with Gasteiger partial charge in [-0.2, -0.15) is 5.10 Å². The van der Waals surface area contributed by atoms with E-state index in [1.807, 2.05) is 6.20 Å². The molecule has 0 bridgehead atoms. The second kappa shape index (κ2) is 7.17. The molecule has 0 spiro atoms. The lowest BCUT2D eigenvalue weighted by Crippen LogP contribution is -2.25. The van der Waals surface area contributed by atoms with E-state index in [1.54, 1.807) is 0 Å². The predicted octanol–water partition coefficient (Wildman–Crippen LogP) is 3.75. The standard InChI is InChI=1S/C13H24BrN3/c1-5-7-17-13(11(14)9-16-17)12(15-6-2)8-10(3)4/h9-10,12,15H,5-8H2,1-4H3. The Morgan fingerprint density at radius 1 is 1.41 bits per heavy atom. The minimum absolute atomic E-state index is 0.392. The maximum absolute atomic E-state index is 4.45. The van der Waals surface area contributed by atoms with Crippen LogP contribution in [-0.4, -0.2) is 16.3 Å². The Bertz CT molecular complexity index is 333. The van der Waals surface area contributed by atoms with Gasteiger partial charge in [-0.05, 0) is 41.2 Å². The van der Waals surface area contributed by atoms with Gasteiger partial charge in [0.25, 0.3) is 0 Å². The third kappa shape index (κ3) is 4.11. The van der Waals surface area contributed by atoms with E-state index in [0.29, 0.717) is 12.0 Å². The summed E-state index contributed by atoms with van der Waals surface area (Å²) in [4.78, 5) is 0. The molecule has 1 aromatic rings. The molecule has 1 atom stereocenters. The summed E-state index contributed by atoms with van der Waals surface area (Å²) in [6, 6.07) is 0.392. The minimum Gasteiger partial charge on any atom is -0.309 e. The molecule has 1 aromatic heterocycles. The van der Waals surface area contributed by atoms with E-state index in [2.05, 4.69) is 58.7 Å². The van der Waals surface area contributed by atoms with Crippen molar-refractivity contribution in [3.05, 3.63) is 16.4 Å². The molecule has 0 aliphatic heterocycles. The molecule has 1 unspecified atom stereocenters. The van der Waals surface area contributed by atoms with E-state index in [-0.39, 0.29) is 0 Å². The third-order valence-corrected chi connectivity index (χ3v) is 3.37. The Hall–Kier alpha value is -0.350. The Balaban J connectivity index is 2.94. The molecule has 17 heavy (non-hydrogen) atoms. The summed E-state index contributed by atoms with van der Waals surface area (Å²) in [5, 5.41) is 8.01. The van der Waals surface area contributed by atoms with E-state index in [9.17, 15) is 0 Å². The Kier molecular flexibility index (Phi) is 6.20. The largest absolute Gasteiger partial charge is 0.309 e. The van der Waals surface area contributed by atoms with Crippen LogP contribution in [0.25, 0.3) is 0 Å². The van der Waals surface area contributed by atoms with Crippen molar-refractivity contribution in [2.75, 3.05) is 6.54 Å². The molecule has 3 nitrogen and oxygen atoms in total. The molecular formula is C13H24BrN3. The van der Waals surface area contributed by atoms with Crippen LogP contribution in [0, 0.1) is 5.92 Å². The molecule has 0 aliphatic carbocycles. The molecule has 0 radical (unpaired) electrons. The van der Waals surface area contributed by atoms with E-state index in [0.717, 1.165) is 30.4 Å². The van der Waals surface area contributed by atoms with E-state index in [1.165, 1.54) is 5.69 Å². The molecule has 0 aliphatic rings. The lowest BCUT2D eigenvalue weighted by molar-refractivity contribution is 0.405. The monoisotopic (exact) mass is 301 g/mol. The Morgan fingerprint density at radius 2 is 2.12 bits per heavy atom. The Morgan fingerprint density at radius 3 is 2.65 bits per heavy atom. The first-order valence-corrected chi connectivity index (χ1v) is 7.34. The minimum atomic E-state index is 0.392. The summed E-state index contributed by atoms with van der Waals surface area (Å²) >= 11 is 3.62. The van der Waals surface area contributed by atoms with Crippen LogP contribution in [0.3, 0.4) is 0 Å². The molecule has 0 fully saturated rings. The number of hydrogen-bond acceptors (Lipinski definition) is 2. The molecule has 1 heterocycles. The highest BCUT2D eigenvalue weighted by Crippen LogP contribution is 2.28. The molecule has 0 aromatic carbocycles. The second-order valence-corrected chi connectivity index (χ2v) is 5.70. The smallest absolute Gasteiger partial charge is 0.0695 e. The summed E-state index contributed by atoms with van der Waals surface area (Å²) in [6.45, 7) is 10.8. The van der Waals surface area contributed by atoms with Crippen molar-refractivity contribution in [1.82, 2.24) is 15.1 Å². The van der Waals surface area contributed by atoms with Gasteiger partial charge in [0, 0.05) is 6.54 Å². The molecule has 1 N–H and O–H groups in total. The van der Waals surface area contributed by atoms with E-state index < -0.39 is 0 Å². The first kappa shape index (κ1) is 14.7. The topological polar surface area (TPSA) is 29.9 Å². The number of nitrogens with one attached hydrogen (secondary N) is 1. The van der Waals surface area contributed by atoms with Gasteiger partial charge < -0.3 is 5.32 Å². The highest BCUT2D eigenvalue weighted by molar-refractivity contribution is 9.10. The van der Waals surface area contributed by atoms with Gasteiger partial charge in [0.15, 0.2) is 0 Å². The van der Waals surface area contributed by atoms with Gasteiger partial charge in [-0.1, -0.05) is 27.7 Å². The summed E-state index contributed by atoms with van der Waals surface area (Å²) in [7, 11) is 0. The molecule has 1 rings (SSSR count). The lowest BCUT2D eigenvalue weighted by Gasteiger charge is -2.21. The van der Waals surface area contributed by atoms with Crippen LogP contribution in [0.5, 0.6) is 0 Å². The number of rotatable bonds is 7. The zero-order valence-electron chi connectivity index (χ0n) is 11.3. The fourth-order valence-electron chi connectivity index (χ4n) is 2.12. The molecule has 0 amide bonds. The summed E-state index contributed by atoms with van der Waals surface area (Å²) in [6.07, 6.45) is 4.17. The van der Waals surface area contributed by atoms with Crippen LogP contribution in [-0.2, 0) is 6.54 Å². The third-order valence-electron chi connectivity index (χ3n) is 2.76. The maximum Gasteiger partial charge on any atom is 0.0695 e. The average molecular weight is 302 g/mol. The zero-order valence-corrected chi connectivity index (χ0v) is 12.9. The lowest BCUT2D eigenvalue weighted by atomic mass is 10.0. The fourth-order valence-corrected chi connectivity index (χ4v) is 2.69. The summed E-state index contributed by atoms with van der Waals surface area (Å²) in [5.74, 6) is 0.677. The van der Waals surface area contributed by atoms with E-state index >= 15 is 0 Å². The number of aromatic nitrogens is 2. The maximum atomic E-state index is 4.45. The van der Waals surface area contributed by atoms with Crippen molar-refractivity contribution in [3.63, 3.8) is 0 Å². The number of halogens is 1. The van der Waals surface area contributed by atoms with Gasteiger partial charge in [-0.15, -0.1) is 0 Å². The van der Waals surface area contributed by atoms with Gasteiger partial charge in [-0.3, -0.25) is 4.68 Å². The Labute approximate surface area is 113 Å². The molecule has 0 saturated carbocycles. The molecule has 0 saturated heterocycles. The molecule has 4 heteroatoms. The van der Waals surface area contributed by atoms with Crippen molar-refractivity contribution >= 4 is 15.9 Å². The average Bonchev–Trinajstić information content (AvgIpc) is 2.59. The quantitative estimate of drug-likeness (QED) is 0.831. The summed E-state index contributed by atoms with van der Waals surface area (Å²) in [5.41, 5.74) is 1.29. The predicted molar refractivity (Wildman–Crippen MR) is 76.1 cm³/mol. The van der Waals surface area contributed by atoms with Crippen molar-refractivity contribution in [2.45, 2.75) is 53.1 Å².